The third-order valence-electron chi connectivity index (χ3n) is 3.33. The lowest BCUT2D eigenvalue weighted by Crippen LogP contribution is -2.33. The first-order chi connectivity index (χ1) is 10.9. The van der Waals surface area contributed by atoms with Gasteiger partial charge < -0.3 is 5.73 Å². The fraction of sp³-hybridized carbons (Fsp3) is 0.250. The van der Waals surface area contributed by atoms with Gasteiger partial charge in [-0.15, -0.1) is 0 Å². The Bertz CT molecular complexity index is 752. The molecule has 0 heterocycles. The molecule has 0 saturated heterocycles. The zero-order valence-corrected chi connectivity index (χ0v) is 13.3. The van der Waals surface area contributed by atoms with Crippen LogP contribution in [0.1, 0.15) is 12.0 Å². The lowest BCUT2D eigenvalue weighted by molar-refractivity contribution is 0.398. The van der Waals surface area contributed by atoms with Crippen molar-refractivity contribution >= 4 is 10.0 Å². The van der Waals surface area contributed by atoms with Gasteiger partial charge in [-0.3, -0.25) is 0 Å². The fourth-order valence-corrected chi connectivity index (χ4v) is 3.67. The van der Waals surface area contributed by atoms with Gasteiger partial charge in [0, 0.05) is 19.2 Å². The summed E-state index contributed by atoms with van der Waals surface area (Å²) in [6.45, 7) is 0.567. The van der Waals surface area contributed by atoms with Crippen LogP contribution in [0.15, 0.2) is 53.4 Å². The molecule has 124 valence electrons. The van der Waals surface area contributed by atoms with Crippen LogP contribution < -0.4 is 5.73 Å². The normalized spacial score (nSPS) is 11.8. The molecular weight excluding hydrogens is 322 g/mol. The highest BCUT2D eigenvalue weighted by Gasteiger charge is 2.27. The maximum absolute atomic E-state index is 13.9. The molecule has 0 aliphatic rings. The molecule has 2 aromatic carbocycles. The van der Waals surface area contributed by atoms with Crippen LogP contribution >= 0.6 is 0 Å². The van der Waals surface area contributed by atoms with E-state index < -0.39 is 26.6 Å². The minimum Gasteiger partial charge on any atom is -0.330 e. The van der Waals surface area contributed by atoms with E-state index in [0.29, 0.717) is 19.0 Å². The van der Waals surface area contributed by atoms with Crippen LogP contribution in [0.2, 0.25) is 0 Å². The highest BCUT2D eigenvalue weighted by Crippen LogP contribution is 2.22. The van der Waals surface area contributed by atoms with Crippen molar-refractivity contribution in [2.75, 3.05) is 13.1 Å². The van der Waals surface area contributed by atoms with Crippen molar-refractivity contribution in [3.8, 4) is 0 Å². The predicted molar refractivity (Wildman–Crippen MR) is 84.1 cm³/mol. The van der Waals surface area contributed by atoms with Crippen LogP contribution in [0.25, 0.3) is 0 Å². The van der Waals surface area contributed by atoms with Crippen LogP contribution in [-0.4, -0.2) is 25.8 Å². The average molecular weight is 340 g/mol. The van der Waals surface area contributed by atoms with Crippen molar-refractivity contribution in [2.24, 2.45) is 5.73 Å². The number of nitrogens with zero attached hydrogens (tertiary/aromatic N) is 1. The molecular formula is C16H18F2N2O2S. The first-order valence-electron chi connectivity index (χ1n) is 7.14. The lowest BCUT2D eigenvalue weighted by Gasteiger charge is -2.22. The zero-order valence-electron chi connectivity index (χ0n) is 12.5. The largest absolute Gasteiger partial charge is 0.330 e. The second-order valence-corrected chi connectivity index (χ2v) is 6.95. The Morgan fingerprint density at radius 1 is 1.04 bits per heavy atom. The maximum Gasteiger partial charge on any atom is 0.246 e. The Kier molecular flexibility index (Phi) is 5.81. The summed E-state index contributed by atoms with van der Waals surface area (Å²) in [7, 11) is -4.08. The summed E-state index contributed by atoms with van der Waals surface area (Å²) in [6.07, 6.45) is 0.439. The average Bonchev–Trinajstić information content (AvgIpc) is 2.52. The van der Waals surface area contributed by atoms with Gasteiger partial charge in [0.25, 0.3) is 0 Å². The van der Waals surface area contributed by atoms with Crippen LogP contribution in [-0.2, 0) is 16.6 Å². The Balaban J connectivity index is 2.36. The third-order valence-corrected chi connectivity index (χ3v) is 5.20. The molecule has 2 N–H and O–H groups in total. The van der Waals surface area contributed by atoms with Crippen molar-refractivity contribution in [3.05, 3.63) is 65.7 Å². The van der Waals surface area contributed by atoms with Gasteiger partial charge in [0.2, 0.25) is 10.0 Å². The first-order valence-corrected chi connectivity index (χ1v) is 8.58. The van der Waals surface area contributed by atoms with E-state index in [2.05, 4.69) is 0 Å². The van der Waals surface area contributed by atoms with Crippen LogP contribution in [0, 0.1) is 11.6 Å². The number of halogens is 2. The highest BCUT2D eigenvalue weighted by atomic mass is 32.2. The van der Waals surface area contributed by atoms with Crippen molar-refractivity contribution in [3.63, 3.8) is 0 Å². The molecule has 0 aliphatic carbocycles. The second-order valence-electron chi connectivity index (χ2n) is 5.04. The lowest BCUT2D eigenvalue weighted by atomic mass is 10.2. The molecule has 0 spiro atoms. The number of hydrogen-bond acceptors (Lipinski definition) is 3. The number of nitrogens with two attached hydrogens (primary N) is 1. The Hall–Kier alpha value is -1.83. The molecule has 0 aliphatic heterocycles. The summed E-state index contributed by atoms with van der Waals surface area (Å²) >= 11 is 0. The molecule has 0 aromatic heterocycles. The van der Waals surface area contributed by atoms with Crippen molar-refractivity contribution in [1.29, 1.82) is 0 Å². The molecule has 4 nitrogen and oxygen atoms in total. The summed E-state index contributed by atoms with van der Waals surface area (Å²) < 4.78 is 53.5. The van der Waals surface area contributed by atoms with Gasteiger partial charge in [-0.2, -0.15) is 4.31 Å². The predicted octanol–water partition coefficient (Wildman–Crippen LogP) is 2.50. The van der Waals surface area contributed by atoms with Gasteiger partial charge in [-0.25, -0.2) is 17.2 Å². The van der Waals surface area contributed by atoms with Crippen LogP contribution in [0.5, 0.6) is 0 Å². The second kappa shape index (κ2) is 7.63. The molecule has 0 unspecified atom stereocenters. The van der Waals surface area contributed by atoms with E-state index in [0.717, 1.165) is 22.0 Å². The molecule has 0 bridgehead atoms. The van der Waals surface area contributed by atoms with E-state index in [1.165, 1.54) is 0 Å². The summed E-state index contributed by atoms with van der Waals surface area (Å²) in [5.41, 5.74) is 6.23. The molecule has 0 radical (unpaired) electrons. The molecule has 0 saturated carbocycles. The Morgan fingerprint density at radius 2 is 1.74 bits per heavy atom. The quantitative estimate of drug-likeness (QED) is 0.842. The van der Waals surface area contributed by atoms with E-state index in [-0.39, 0.29) is 13.1 Å². The first kappa shape index (κ1) is 17.5. The van der Waals surface area contributed by atoms with E-state index in [1.54, 1.807) is 24.3 Å². The SMILES string of the molecule is NCCCN(Cc1ccccc1)S(=O)(=O)c1ccc(F)cc1F. The summed E-state index contributed by atoms with van der Waals surface area (Å²) in [5.74, 6) is -1.92. The highest BCUT2D eigenvalue weighted by molar-refractivity contribution is 7.89. The van der Waals surface area contributed by atoms with E-state index in [1.807, 2.05) is 6.07 Å². The van der Waals surface area contributed by atoms with Gasteiger partial charge in [0.05, 0.1) is 0 Å². The monoisotopic (exact) mass is 340 g/mol. The van der Waals surface area contributed by atoms with Crippen LogP contribution in [0.4, 0.5) is 8.78 Å². The van der Waals surface area contributed by atoms with Crippen molar-refractivity contribution in [2.45, 2.75) is 17.9 Å². The topological polar surface area (TPSA) is 63.4 Å². The Morgan fingerprint density at radius 3 is 2.35 bits per heavy atom. The molecule has 0 fully saturated rings. The number of rotatable bonds is 7. The van der Waals surface area contributed by atoms with Gasteiger partial charge in [0.1, 0.15) is 16.5 Å². The molecule has 2 aromatic rings. The minimum absolute atomic E-state index is 0.0972. The van der Waals surface area contributed by atoms with Gasteiger partial charge in [-0.05, 0) is 30.7 Å². The Labute approximate surface area is 134 Å². The maximum atomic E-state index is 13.9. The van der Waals surface area contributed by atoms with E-state index >= 15 is 0 Å². The third kappa shape index (κ3) is 4.34. The summed E-state index contributed by atoms with van der Waals surface area (Å²) in [4.78, 5) is -0.535. The minimum atomic E-state index is -4.08. The summed E-state index contributed by atoms with van der Waals surface area (Å²) in [5, 5.41) is 0. The van der Waals surface area contributed by atoms with E-state index in [9.17, 15) is 17.2 Å². The van der Waals surface area contributed by atoms with Gasteiger partial charge in [-0.1, -0.05) is 30.3 Å². The molecule has 0 amide bonds. The number of benzene rings is 2. The fourth-order valence-electron chi connectivity index (χ4n) is 2.16. The number of hydrogen-bond donors (Lipinski definition) is 1. The molecule has 23 heavy (non-hydrogen) atoms. The van der Waals surface area contributed by atoms with E-state index in [4.69, 9.17) is 5.73 Å². The standard InChI is InChI=1S/C16H18F2N2O2S/c17-14-7-8-16(15(18)11-14)23(21,22)20(10-4-9-19)12-13-5-2-1-3-6-13/h1-3,5-8,11H,4,9-10,12,19H2. The van der Waals surface area contributed by atoms with Crippen LogP contribution in [0.3, 0.4) is 0 Å². The number of sulfonamides is 1. The van der Waals surface area contributed by atoms with Gasteiger partial charge in [0.15, 0.2) is 0 Å². The summed E-state index contributed by atoms with van der Waals surface area (Å²) in [6, 6.07) is 11.4. The molecule has 0 atom stereocenters. The van der Waals surface area contributed by atoms with Crippen molar-refractivity contribution in [1.82, 2.24) is 4.31 Å². The molecule has 7 heteroatoms. The zero-order chi connectivity index (χ0) is 16.9. The van der Waals surface area contributed by atoms with Crippen molar-refractivity contribution < 1.29 is 17.2 Å². The van der Waals surface area contributed by atoms with Gasteiger partial charge >= 0.3 is 0 Å². The smallest absolute Gasteiger partial charge is 0.246 e. The molecule has 2 rings (SSSR count).